The number of hydrogen-bond donors (Lipinski definition) is 1. The molecule has 1 atom stereocenters. The van der Waals surface area contributed by atoms with Gasteiger partial charge in [-0.2, -0.15) is 0 Å². The molecule has 6 nitrogen and oxygen atoms in total. The van der Waals surface area contributed by atoms with Gasteiger partial charge in [0.05, 0.1) is 6.04 Å². The second kappa shape index (κ2) is 7.31. The van der Waals surface area contributed by atoms with Gasteiger partial charge >= 0.3 is 0 Å². The van der Waals surface area contributed by atoms with Gasteiger partial charge in [-0.3, -0.25) is 4.79 Å². The summed E-state index contributed by atoms with van der Waals surface area (Å²) in [6.45, 7) is 0.102. The van der Waals surface area contributed by atoms with Crippen LogP contribution in [0.15, 0.2) is 67.0 Å². The smallest absolute Gasteiger partial charge is 0.242 e. The van der Waals surface area contributed by atoms with Crippen LogP contribution in [0.25, 0.3) is 0 Å². The van der Waals surface area contributed by atoms with Gasteiger partial charge in [-0.05, 0) is 28.0 Å². The van der Waals surface area contributed by atoms with Crippen LogP contribution in [0.5, 0.6) is 0 Å². The van der Waals surface area contributed by atoms with Gasteiger partial charge in [0.2, 0.25) is 5.91 Å². The largest absolute Gasteiger partial charge is 0.347 e. The minimum absolute atomic E-state index is 0.0948. The van der Waals surface area contributed by atoms with Gasteiger partial charge in [0.1, 0.15) is 12.9 Å². The molecule has 23 heavy (non-hydrogen) atoms. The van der Waals surface area contributed by atoms with Crippen molar-refractivity contribution in [3.63, 3.8) is 0 Å². The van der Waals surface area contributed by atoms with E-state index in [9.17, 15) is 4.79 Å². The lowest BCUT2D eigenvalue weighted by Gasteiger charge is -2.19. The zero-order valence-corrected chi connectivity index (χ0v) is 12.5. The van der Waals surface area contributed by atoms with E-state index in [0.29, 0.717) is 0 Å². The van der Waals surface area contributed by atoms with E-state index in [2.05, 4.69) is 33.0 Å². The number of rotatable bonds is 6. The van der Waals surface area contributed by atoms with Crippen molar-refractivity contribution in [1.82, 2.24) is 25.5 Å². The quantitative estimate of drug-likeness (QED) is 0.753. The van der Waals surface area contributed by atoms with E-state index < -0.39 is 0 Å². The summed E-state index contributed by atoms with van der Waals surface area (Å²) in [7, 11) is 0. The highest BCUT2D eigenvalue weighted by molar-refractivity contribution is 5.76. The number of nitrogens with zero attached hydrogens (tertiary/aromatic N) is 4. The van der Waals surface area contributed by atoms with E-state index in [1.165, 1.54) is 16.6 Å². The molecule has 1 amide bonds. The van der Waals surface area contributed by atoms with Crippen LogP contribution in [0.2, 0.25) is 0 Å². The average molecular weight is 307 g/mol. The lowest BCUT2D eigenvalue weighted by molar-refractivity contribution is -0.122. The minimum Gasteiger partial charge on any atom is -0.347 e. The average Bonchev–Trinajstić information content (AvgIpc) is 3.09. The third kappa shape index (κ3) is 4.23. The van der Waals surface area contributed by atoms with Crippen LogP contribution >= 0.6 is 0 Å². The van der Waals surface area contributed by atoms with Crippen molar-refractivity contribution in [3.05, 3.63) is 78.1 Å². The van der Waals surface area contributed by atoms with Crippen LogP contribution in [0.1, 0.15) is 17.2 Å². The van der Waals surface area contributed by atoms with Crippen LogP contribution in [-0.2, 0) is 17.8 Å². The van der Waals surface area contributed by atoms with Gasteiger partial charge in [0.15, 0.2) is 0 Å². The maximum Gasteiger partial charge on any atom is 0.242 e. The summed E-state index contributed by atoms with van der Waals surface area (Å²) in [6.07, 6.45) is 2.15. The maximum atomic E-state index is 12.3. The first-order valence-electron chi connectivity index (χ1n) is 7.40. The molecule has 0 radical (unpaired) electrons. The van der Waals surface area contributed by atoms with Crippen molar-refractivity contribution in [3.8, 4) is 0 Å². The lowest BCUT2D eigenvalue weighted by atomic mass is 9.99. The fraction of sp³-hybridized carbons (Fsp3) is 0.176. The molecule has 1 heterocycles. The molecule has 0 aliphatic heterocycles. The molecule has 2 aromatic carbocycles. The van der Waals surface area contributed by atoms with E-state index >= 15 is 0 Å². The van der Waals surface area contributed by atoms with Crippen LogP contribution < -0.4 is 5.32 Å². The highest BCUT2D eigenvalue weighted by Gasteiger charge is 2.15. The first-order chi connectivity index (χ1) is 11.3. The minimum atomic E-state index is -0.123. The summed E-state index contributed by atoms with van der Waals surface area (Å²) < 4.78 is 1.40. The van der Waals surface area contributed by atoms with Gasteiger partial charge in [-0.25, -0.2) is 4.68 Å². The standard InChI is InChI=1S/C17H17N5O/c23-17(12-22-13-18-20-21-22)19-16(15-9-5-2-6-10-15)11-14-7-3-1-4-8-14/h1-10,13,16H,11-12H2,(H,19,23). The van der Waals surface area contributed by atoms with E-state index in [0.717, 1.165) is 12.0 Å². The molecule has 1 aromatic heterocycles. The lowest BCUT2D eigenvalue weighted by Crippen LogP contribution is -2.33. The van der Waals surface area contributed by atoms with Crippen LogP contribution in [-0.4, -0.2) is 26.1 Å². The Balaban J connectivity index is 1.73. The van der Waals surface area contributed by atoms with Crippen molar-refractivity contribution < 1.29 is 4.79 Å². The van der Waals surface area contributed by atoms with Crippen LogP contribution in [0.3, 0.4) is 0 Å². The predicted molar refractivity (Wildman–Crippen MR) is 85.3 cm³/mol. The Kier molecular flexibility index (Phi) is 4.73. The summed E-state index contributed by atoms with van der Waals surface area (Å²) in [4.78, 5) is 12.3. The third-order valence-corrected chi connectivity index (χ3v) is 3.52. The molecule has 0 saturated carbocycles. The van der Waals surface area contributed by atoms with Gasteiger partial charge in [-0.15, -0.1) is 5.10 Å². The number of amides is 1. The molecule has 3 aromatic rings. The van der Waals surface area contributed by atoms with Gasteiger partial charge in [0, 0.05) is 0 Å². The Morgan fingerprint density at radius 3 is 2.39 bits per heavy atom. The number of aromatic nitrogens is 4. The number of carbonyl (C=O) groups excluding carboxylic acids is 1. The predicted octanol–water partition coefficient (Wildman–Crippen LogP) is 1.77. The SMILES string of the molecule is O=C(Cn1cnnn1)NC(Cc1ccccc1)c1ccccc1. The van der Waals surface area contributed by atoms with E-state index in [1.54, 1.807) is 0 Å². The highest BCUT2D eigenvalue weighted by Crippen LogP contribution is 2.18. The van der Waals surface area contributed by atoms with Crippen molar-refractivity contribution in [1.29, 1.82) is 0 Å². The molecule has 1 unspecified atom stereocenters. The summed E-state index contributed by atoms with van der Waals surface area (Å²) in [6, 6.07) is 20.0. The van der Waals surface area contributed by atoms with Crippen molar-refractivity contribution in [2.75, 3.05) is 0 Å². The normalized spacial score (nSPS) is 11.8. The second-order valence-electron chi connectivity index (χ2n) is 5.23. The molecule has 116 valence electrons. The van der Waals surface area contributed by atoms with Crippen molar-refractivity contribution >= 4 is 5.91 Å². The summed E-state index contributed by atoms with van der Waals surface area (Å²) in [5.41, 5.74) is 2.24. The van der Waals surface area contributed by atoms with Gasteiger partial charge < -0.3 is 5.32 Å². The number of nitrogens with one attached hydrogen (secondary N) is 1. The molecule has 0 bridgehead atoms. The first kappa shape index (κ1) is 14.9. The van der Waals surface area contributed by atoms with E-state index in [-0.39, 0.29) is 18.5 Å². The second-order valence-corrected chi connectivity index (χ2v) is 5.23. The third-order valence-electron chi connectivity index (χ3n) is 3.52. The fourth-order valence-electron chi connectivity index (χ4n) is 2.43. The van der Waals surface area contributed by atoms with E-state index in [4.69, 9.17) is 0 Å². The maximum absolute atomic E-state index is 12.3. The molecule has 0 fully saturated rings. The summed E-state index contributed by atoms with van der Waals surface area (Å²) in [5.74, 6) is -0.123. The van der Waals surface area contributed by atoms with Gasteiger partial charge in [0.25, 0.3) is 0 Å². The fourth-order valence-corrected chi connectivity index (χ4v) is 2.43. The monoisotopic (exact) mass is 307 g/mol. The topological polar surface area (TPSA) is 72.7 Å². The molecule has 6 heteroatoms. The van der Waals surface area contributed by atoms with Gasteiger partial charge in [-0.1, -0.05) is 60.7 Å². The number of benzene rings is 2. The van der Waals surface area contributed by atoms with Crippen LogP contribution in [0.4, 0.5) is 0 Å². The Hall–Kier alpha value is -3.02. The Bertz CT molecular complexity index is 728. The molecule has 0 aliphatic carbocycles. The first-order valence-corrected chi connectivity index (χ1v) is 7.40. The zero-order chi connectivity index (χ0) is 15.9. The van der Waals surface area contributed by atoms with E-state index in [1.807, 2.05) is 48.5 Å². The number of carbonyl (C=O) groups is 1. The molecule has 1 N–H and O–H groups in total. The zero-order valence-electron chi connectivity index (χ0n) is 12.5. The number of tetrazole rings is 1. The molecule has 0 spiro atoms. The summed E-state index contributed by atoms with van der Waals surface area (Å²) >= 11 is 0. The Labute approximate surface area is 134 Å². The van der Waals surface area contributed by atoms with Crippen molar-refractivity contribution in [2.45, 2.75) is 19.0 Å². The molecular weight excluding hydrogens is 290 g/mol. The molecule has 3 rings (SSSR count). The highest BCUT2D eigenvalue weighted by atomic mass is 16.2. The number of hydrogen-bond acceptors (Lipinski definition) is 4. The Morgan fingerprint density at radius 1 is 1.04 bits per heavy atom. The van der Waals surface area contributed by atoms with Crippen molar-refractivity contribution in [2.24, 2.45) is 0 Å². The molecular formula is C17H17N5O. The molecule has 0 aliphatic rings. The summed E-state index contributed by atoms with van der Waals surface area (Å²) in [5, 5.41) is 13.8. The molecule has 0 saturated heterocycles. The van der Waals surface area contributed by atoms with Crippen LogP contribution in [0, 0.1) is 0 Å². The Morgan fingerprint density at radius 2 is 1.74 bits per heavy atom.